The van der Waals surface area contributed by atoms with Crippen molar-refractivity contribution in [3.8, 4) is 11.4 Å². The molecule has 0 bridgehead atoms. The molecule has 0 aliphatic carbocycles. The third-order valence-corrected chi connectivity index (χ3v) is 3.89. The second kappa shape index (κ2) is 6.66. The molecule has 0 aliphatic heterocycles. The summed E-state index contributed by atoms with van der Waals surface area (Å²) < 4.78 is 5.24. The average Bonchev–Trinajstić information content (AvgIpc) is 3.04. The second-order valence-corrected chi connectivity index (χ2v) is 5.83. The summed E-state index contributed by atoms with van der Waals surface area (Å²) in [7, 11) is 0. The van der Waals surface area contributed by atoms with Crippen LogP contribution in [0.1, 0.15) is 32.9 Å². The van der Waals surface area contributed by atoms with Gasteiger partial charge in [-0.05, 0) is 38.0 Å². The quantitative estimate of drug-likeness (QED) is 0.797. The summed E-state index contributed by atoms with van der Waals surface area (Å²) in [5, 5.41) is 6.82. The van der Waals surface area contributed by atoms with E-state index in [2.05, 4.69) is 15.5 Å². The molecule has 1 amide bonds. The van der Waals surface area contributed by atoms with E-state index in [1.165, 1.54) is 0 Å². The number of carbonyl (C=O) groups excluding carboxylic acids is 1. The molecule has 1 aromatic heterocycles. The topological polar surface area (TPSA) is 68.0 Å². The number of hydrogen-bond donors (Lipinski definition) is 1. The van der Waals surface area contributed by atoms with Gasteiger partial charge in [-0.15, -0.1) is 0 Å². The van der Waals surface area contributed by atoms with Crippen LogP contribution in [-0.2, 0) is 6.54 Å². The number of aromatic nitrogens is 2. The van der Waals surface area contributed by atoms with Gasteiger partial charge in [0.25, 0.3) is 5.91 Å². The van der Waals surface area contributed by atoms with Gasteiger partial charge in [0.2, 0.25) is 11.7 Å². The second-order valence-electron chi connectivity index (χ2n) is 5.83. The highest BCUT2D eigenvalue weighted by Crippen LogP contribution is 2.19. The van der Waals surface area contributed by atoms with Crippen LogP contribution in [0.25, 0.3) is 11.4 Å². The Bertz CT molecular complexity index is 884. The molecule has 0 aliphatic rings. The van der Waals surface area contributed by atoms with Crippen LogP contribution < -0.4 is 5.32 Å². The van der Waals surface area contributed by atoms with Gasteiger partial charge in [0.05, 0.1) is 6.54 Å². The van der Waals surface area contributed by atoms with Gasteiger partial charge in [0.15, 0.2) is 0 Å². The van der Waals surface area contributed by atoms with Crippen molar-refractivity contribution in [1.29, 1.82) is 0 Å². The van der Waals surface area contributed by atoms with Crippen molar-refractivity contribution in [3.63, 3.8) is 0 Å². The highest BCUT2D eigenvalue weighted by Gasteiger charge is 2.13. The van der Waals surface area contributed by atoms with Crippen molar-refractivity contribution in [2.45, 2.75) is 27.3 Å². The fraction of sp³-hybridized carbons (Fsp3) is 0.211. The largest absolute Gasteiger partial charge is 0.343 e. The van der Waals surface area contributed by atoms with Gasteiger partial charge in [-0.2, -0.15) is 4.98 Å². The van der Waals surface area contributed by atoms with E-state index in [1.54, 1.807) is 0 Å². The Morgan fingerprint density at radius 2 is 1.88 bits per heavy atom. The van der Waals surface area contributed by atoms with E-state index < -0.39 is 0 Å². The SMILES string of the molecule is Cc1ccc(C)c(C(=O)NCc2nc(-c3ccccc3C)no2)c1. The minimum Gasteiger partial charge on any atom is -0.343 e. The predicted molar refractivity (Wildman–Crippen MR) is 91.6 cm³/mol. The lowest BCUT2D eigenvalue weighted by atomic mass is 10.1. The van der Waals surface area contributed by atoms with E-state index in [9.17, 15) is 4.79 Å². The van der Waals surface area contributed by atoms with Gasteiger partial charge in [-0.1, -0.05) is 47.1 Å². The standard InChI is InChI=1S/C19H19N3O2/c1-12-8-9-14(3)16(10-12)19(23)20-11-17-21-18(22-24-17)15-7-5-4-6-13(15)2/h4-10H,11H2,1-3H3,(H,20,23). The van der Waals surface area contributed by atoms with Crippen LogP contribution in [0.15, 0.2) is 47.0 Å². The number of nitrogens with one attached hydrogen (secondary N) is 1. The van der Waals surface area contributed by atoms with Crippen LogP contribution in [-0.4, -0.2) is 16.0 Å². The number of hydrogen-bond acceptors (Lipinski definition) is 4. The van der Waals surface area contributed by atoms with E-state index in [0.29, 0.717) is 17.3 Å². The van der Waals surface area contributed by atoms with Gasteiger partial charge in [-0.25, -0.2) is 0 Å². The first-order valence-corrected chi connectivity index (χ1v) is 7.78. The van der Waals surface area contributed by atoms with Crippen LogP contribution in [0, 0.1) is 20.8 Å². The van der Waals surface area contributed by atoms with Gasteiger partial charge < -0.3 is 9.84 Å². The number of amides is 1. The van der Waals surface area contributed by atoms with E-state index in [4.69, 9.17) is 4.52 Å². The highest BCUT2D eigenvalue weighted by atomic mass is 16.5. The Kier molecular flexibility index (Phi) is 4.42. The van der Waals surface area contributed by atoms with E-state index >= 15 is 0 Å². The third-order valence-electron chi connectivity index (χ3n) is 3.89. The molecule has 0 unspecified atom stereocenters. The Labute approximate surface area is 140 Å². The summed E-state index contributed by atoms with van der Waals surface area (Å²) in [6, 6.07) is 13.6. The Morgan fingerprint density at radius 3 is 2.67 bits per heavy atom. The molecule has 122 valence electrons. The summed E-state index contributed by atoms with van der Waals surface area (Å²) in [5.74, 6) is 0.767. The molecule has 5 nitrogen and oxygen atoms in total. The first-order valence-electron chi connectivity index (χ1n) is 7.78. The first-order chi connectivity index (χ1) is 11.5. The number of nitrogens with zero attached hydrogens (tertiary/aromatic N) is 2. The summed E-state index contributed by atoms with van der Waals surface area (Å²) >= 11 is 0. The maximum absolute atomic E-state index is 12.3. The maximum atomic E-state index is 12.3. The molecule has 0 radical (unpaired) electrons. The maximum Gasteiger partial charge on any atom is 0.251 e. The number of rotatable bonds is 4. The van der Waals surface area contributed by atoms with Crippen LogP contribution in [0.2, 0.25) is 0 Å². The van der Waals surface area contributed by atoms with Crippen LogP contribution in [0.4, 0.5) is 0 Å². The molecule has 0 saturated carbocycles. The Hall–Kier alpha value is -2.95. The molecule has 1 heterocycles. The first kappa shape index (κ1) is 15.9. The van der Waals surface area contributed by atoms with E-state index in [1.807, 2.05) is 63.2 Å². The van der Waals surface area contributed by atoms with Crippen LogP contribution >= 0.6 is 0 Å². The summed E-state index contributed by atoms with van der Waals surface area (Å²) in [6.07, 6.45) is 0. The molecule has 24 heavy (non-hydrogen) atoms. The molecule has 0 spiro atoms. The molecular weight excluding hydrogens is 302 g/mol. The van der Waals surface area contributed by atoms with Gasteiger partial charge in [-0.3, -0.25) is 4.79 Å². The van der Waals surface area contributed by atoms with Gasteiger partial charge in [0, 0.05) is 11.1 Å². The zero-order valence-electron chi connectivity index (χ0n) is 14.0. The van der Waals surface area contributed by atoms with E-state index in [0.717, 1.165) is 22.3 Å². The smallest absolute Gasteiger partial charge is 0.251 e. The van der Waals surface area contributed by atoms with Crippen molar-refractivity contribution < 1.29 is 9.32 Å². The van der Waals surface area contributed by atoms with Crippen LogP contribution in [0.3, 0.4) is 0 Å². The number of benzene rings is 2. The number of aryl methyl sites for hydroxylation is 3. The average molecular weight is 321 g/mol. The molecule has 5 heteroatoms. The van der Waals surface area contributed by atoms with Gasteiger partial charge in [0.1, 0.15) is 0 Å². The highest BCUT2D eigenvalue weighted by molar-refractivity contribution is 5.95. The lowest BCUT2D eigenvalue weighted by Crippen LogP contribution is -2.23. The minimum absolute atomic E-state index is 0.146. The summed E-state index contributed by atoms with van der Waals surface area (Å²) in [6.45, 7) is 6.07. The Balaban J connectivity index is 1.71. The fourth-order valence-electron chi connectivity index (χ4n) is 2.49. The minimum atomic E-state index is -0.146. The Morgan fingerprint density at radius 1 is 1.08 bits per heavy atom. The van der Waals surface area contributed by atoms with Gasteiger partial charge >= 0.3 is 0 Å². The molecule has 0 saturated heterocycles. The lowest BCUT2D eigenvalue weighted by Gasteiger charge is -2.06. The summed E-state index contributed by atoms with van der Waals surface area (Å²) in [5.41, 5.74) is 4.64. The summed E-state index contributed by atoms with van der Waals surface area (Å²) in [4.78, 5) is 16.7. The molecule has 3 aromatic rings. The zero-order valence-corrected chi connectivity index (χ0v) is 14.0. The van der Waals surface area contributed by atoms with E-state index in [-0.39, 0.29) is 12.5 Å². The van der Waals surface area contributed by atoms with Crippen molar-refractivity contribution in [3.05, 3.63) is 70.6 Å². The normalized spacial score (nSPS) is 10.6. The molecular formula is C19H19N3O2. The van der Waals surface area contributed by atoms with Crippen molar-refractivity contribution in [1.82, 2.24) is 15.5 Å². The predicted octanol–water partition coefficient (Wildman–Crippen LogP) is 3.59. The number of carbonyl (C=O) groups is 1. The van der Waals surface area contributed by atoms with Crippen molar-refractivity contribution in [2.75, 3.05) is 0 Å². The molecule has 0 fully saturated rings. The lowest BCUT2D eigenvalue weighted by molar-refractivity contribution is 0.0945. The van der Waals surface area contributed by atoms with Crippen molar-refractivity contribution >= 4 is 5.91 Å². The molecule has 0 atom stereocenters. The third kappa shape index (κ3) is 3.35. The fourth-order valence-corrected chi connectivity index (χ4v) is 2.49. The molecule has 2 aromatic carbocycles. The monoisotopic (exact) mass is 321 g/mol. The zero-order chi connectivity index (χ0) is 17.1. The van der Waals surface area contributed by atoms with Crippen LogP contribution in [0.5, 0.6) is 0 Å². The van der Waals surface area contributed by atoms with Crippen molar-refractivity contribution in [2.24, 2.45) is 0 Å². The molecule has 3 rings (SSSR count). The molecule has 1 N–H and O–H groups in total.